The van der Waals surface area contributed by atoms with Gasteiger partial charge in [0.2, 0.25) is 0 Å². The Morgan fingerprint density at radius 1 is 1.26 bits per heavy atom. The van der Waals surface area contributed by atoms with Crippen molar-refractivity contribution in [1.29, 1.82) is 5.26 Å². The normalized spacial score (nSPS) is 18.4. The van der Waals surface area contributed by atoms with E-state index in [1.54, 1.807) is 18.2 Å². The third-order valence-electron chi connectivity index (χ3n) is 4.39. The number of nitrogens with two attached hydrogens (primary N) is 1. The summed E-state index contributed by atoms with van der Waals surface area (Å²) in [7, 11) is 0. The second-order valence-corrected chi connectivity index (χ2v) is 6.20. The van der Waals surface area contributed by atoms with Gasteiger partial charge in [0.1, 0.15) is 29.6 Å². The molecule has 0 amide bonds. The molecule has 8 nitrogen and oxygen atoms in total. The lowest BCUT2D eigenvalue weighted by Gasteiger charge is -2.34. The minimum Gasteiger partial charge on any atom is -0.488 e. The number of hydrogen-bond donors (Lipinski definition) is 3. The number of ether oxygens (including phenoxy) is 1. The number of aromatic nitrogens is 4. The molecule has 0 saturated heterocycles. The molecule has 4 N–H and O–H groups in total. The van der Waals surface area contributed by atoms with E-state index < -0.39 is 5.82 Å². The summed E-state index contributed by atoms with van der Waals surface area (Å²) >= 11 is 0. The van der Waals surface area contributed by atoms with Crippen molar-refractivity contribution in [2.24, 2.45) is 5.73 Å². The molecule has 1 fully saturated rings. The highest BCUT2D eigenvalue weighted by molar-refractivity contribution is 5.71. The SMILES string of the molecule is N#Cc1cnc(Nc2cc(-c3c(F)cccc3O[C@H]3CC[C@H]3N)[nH]n2)cn1. The molecule has 4 rings (SSSR count). The second kappa shape index (κ2) is 7.01. The molecule has 2 atom stereocenters. The van der Waals surface area contributed by atoms with Crippen LogP contribution in [0, 0.1) is 17.1 Å². The van der Waals surface area contributed by atoms with Gasteiger partial charge in [-0.1, -0.05) is 6.07 Å². The zero-order valence-electron chi connectivity index (χ0n) is 14.2. The Labute approximate surface area is 154 Å². The number of H-pyrrole nitrogens is 1. The lowest BCUT2D eigenvalue weighted by atomic mass is 9.90. The number of hydrogen-bond acceptors (Lipinski definition) is 7. The summed E-state index contributed by atoms with van der Waals surface area (Å²) in [5.41, 5.74) is 6.89. The summed E-state index contributed by atoms with van der Waals surface area (Å²) in [5, 5.41) is 18.6. The summed E-state index contributed by atoms with van der Waals surface area (Å²) in [4.78, 5) is 7.99. The average Bonchev–Trinajstić information content (AvgIpc) is 3.13. The van der Waals surface area contributed by atoms with E-state index >= 15 is 0 Å². The summed E-state index contributed by atoms with van der Waals surface area (Å²) in [6, 6.07) is 8.18. The first-order chi connectivity index (χ1) is 13.1. The van der Waals surface area contributed by atoms with Crippen molar-refractivity contribution < 1.29 is 9.13 Å². The molecule has 0 aliphatic heterocycles. The Bertz CT molecular complexity index is 996. The van der Waals surface area contributed by atoms with Crippen LogP contribution in [0.1, 0.15) is 18.5 Å². The van der Waals surface area contributed by atoms with E-state index in [0.29, 0.717) is 28.6 Å². The molecule has 9 heteroatoms. The van der Waals surface area contributed by atoms with Crippen molar-refractivity contribution in [3.05, 3.63) is 48.2 Å². The fourth-order valence-corrected chi connectivity index (χ4v) is 2.76. The van der Waals surface area contributed by atoms with Crippen LogP contribution in [0.3, 0.4) is 0 Å². The van der Waals surface area contributed by atoms with Crippen LogP contribution in [0.15, 0.2) is 36.7 Å². The molecule has 0 bridgehead atoms. The van der Waals surface area contributed by atoms with Gasteiger partial charge in [0.25, 0.3) is 0 Å². The molecule has 2 aromatic heterocycles. The first-order valence-electron chi connectivity index (χ1n) is 8.40. The van der Waals surface area contributed by atoms with Crippen LogP contribution in [0.5, 0.6) is 5.75 Å². The summed E-state index contributed by atoms with van der Waals surface area (Å²) in [6.45, 7) is 0. The highest BCUT2D eigenvalue weighted by Gasteiger charge is 2.30. The number of anilines is 2. The number of rotatable bonds is 5. The zero-order chi connectivity index (χ0) is 18.8. The first-order valence-corrected chi connectivity index (χ1v) is 8.40. The Morgan fingerprint density at radius 2 is 2.15 bits per heavy atom. The maximum Gasteiger partial charge on any atom is 0.158 e. The van der Waals surface area contributed by atoms with Gasteiger partial charge in [-0.2, -0.15) is 10.4 Å². The van der Waals surface area contributed by atoms with Crippen molar-refractivity contribution >= 4 is 11.6 Å². The van der Waals surface area contributed by atoms with Crippen molar-refractivity contribution in [3.63, 3.8) is 0 Å². The van der Waals surface area contributed by atoms with Gasteiger partial charge in [-0.3, -0.25) is 5.10 Å². The molecule has 1 aromatic carbocycles. The van der Waals surface area contributed by atoms with Crippen molar-refractivity contribution in [3.8, 4) is 23.1 Å². The summed E-state index contributed by atoms with van der Waals surface area (Å²) in [6.07, 6.45) is 4.41. The number of benzene rings is 1. The van der Waals surface area contributed by atoms with Crippen molar-refractivity contribution in [2.75, 3.05) is 5.32 Å². The molecular weight excluding hydrogens is 349 g/mol. The Morgan fingerprint density at radius 3 is 2.81 bits per heavy atom. The predicted octanol–water partition coefficient (Wildman–Crippen LogP) is 2.49. The van der Waals surface area contributed by atoms with Crippen molar-refractivity contribution in [1.82, 2.24) is 20.2 Å². The lowest BCUT2D eigenvalue weighted by Crippen LogP contribution is -2.47. The lowest BCUT2D eigenvalue weighted by molar-refractivity contribution is 0.0935. The van der Waals surface area contributed by atoms with Crippen LogP contribution in [0.2, 0.25) is 0 Å². The van der Waals surface area contributed by atoms with E-state index in [0.717, 1.165) is 12.8 Å². The molecule has 1 aliphatic carbocycles. The number of aromatic amines is 1. The van der Waals surface area contributed by atoms with Gasteiger partial charge in [-0.25, -0.2) is 14.4 Å². The molecule has 2 heterocycles. The second-order valence-electron chi connectivity index (χ2n) is 6.20. The van der Waals surface area contributed by atoms with Gasteiger partial charge in [-0.05, 0) is 25.0 Å². The Hall–Kier alpha value is -3.51. The van der Waals surface area contributed by atoms with Crippen LogP contribution in [0.4, 0.5) is 16.0 Å². The molecule has 1 aliphatic rings. The van der Waals surface area contributed by atoms with Crippen LogP contribution >= 0.6 is 0 Å². The number of nitrogens with one attached hydrogen (secondary N) is 2. The number of nitrogens with zero attached hydrogens (tertiary/aromatic N) is 4. The van der Waals surface area contributed by atoms with Crippen LogP contribution in [0.25, 0.3) is 11.3 Å². The summed E-state index contributed by atoms with van der Waals surface area (Å²) < 4.78 is 20.4. The standard InChI is InChI=1S/C18H16FN7O/c19-11-2-1-3-15(27-14-5-4-12(14)21)18(11)13-6-16(26-25-13)24-17-9-22-10(7-20)8-23-17/h1-3,6,8-9,12,14H,4-5,21H2,(H2,23,24,25,26)/t12-,14+/m1/s1. The third kappa shape index (κ3) is 3.43. The van der Waals surface area contributed by atoms with Crippen LogP contribution < -0.4 is 15.8 Å². The zero-order valence-corrected chi connectivity index (χ0v) is 14.2. The summed E-state index contributed by atoms with van der Waals surface area (Å²) in [5.74, 6) is 0.841. The van der Waals surface area contributed by atoms with Gasteiger partial charge >= 0.3 is 0 Å². The van der Waals surface area contributed by atoms with E-state index in [1.165, 1.54) is 18.5 Å². The minimum absolute atomic E-state index is 0.0323. The molecule has 136 valence electrons. The van der Waals surface area contributed by atoms with Gasteiger partial charge in [0.15, 0.2) is 11.5 Å². The topological polar surface area (TPSA) is 126 Å². The van der Waals surface area contributed by atoms with E-state index in [1.807, 2.05) is 6.07 Å². The Balaban J connectivity index is 1.58. The molecule has 0 unspecified atom stereocenters. The van der Waals surface area contributed by atoms with Gasteiger partial charge < -0.3 is 15.8 Å². The molecule has 0 spiro atoms. The highest BCUT2D eigenvalue weighted by Crippen LogP contribution is 2.35. The van der Waals surface area contributed by atoms with Crippen LogP contribution in [-0.2, 0) is 0 Å². The molecular formula is C18H16FN7O. The molecule has 0 radical (unpaired) electrons. The molecule has 3 aromatic rings. The first kappa shape index (κ1) is 16.9. The fourth-order valence-electron chi connectivity index (χ4n) is 2.76. The quantitative estimate of drug-likeness (QED) is 0.634. The third-order valence-corrected chi connectivity index (χ3v) is 4.39. The van der Waals surface area contributed by atoms with Gasteiger partial charge in [-0.15, -0.1) is 0 Å². The number of halogens is 1. The number of nitriles is 1. The molecule has 1 saturated carbocycles. The monoisotopic (exact) mass is 365 g/mol. The molecule has 27 heavy (non-hydrogen) atoms. The van der Waals surface area contributed by atoms with Crippen LogP contribution in [-0.4, -0.2) is 32.3 Å². The largest absolute Gasteiger partial charge is 0.488 e. The van der Waals surface area contributed by atoms with E-state index in [2.05, 4.69) is 25.5 Å². The smallest absolute Gasteiger partial charge is 0.158 e. The van der Waals surface area contributed by atoms with E-state index in [4.69, 9.17) is 15.7 Å². The van der Waals surface area contributed by atoms with Gasteiger partial charge in [0, 0.05) is 12.1 Å². The average molecular weight is 365 g/mol. The van der Waals surface area contributed by atoms with Gasteiger partial charge in [0.05, 0.1) is 23.7 Å². The Kier molecular flexibility index (Phi) is 4.40. The van der Waals surface area contributed by atoms with Crippen molar-refractivity contribution in [2.45, 2.75) is 25.0 Å². The maximum absolute atomic E-state index is 14.5. The highest BCUT2D eigenvalue weighted by atomic mass is 19.1. The van der Waals surface area contributed by atoms with E-state index in [-0.39, 0.29) is 17.8 Å². The van der Waals surface area contributed by atoms with E-state index in [9.17, 15) is 4.39 Å². The minimum atomic E-state index is -0.422. The fraction of sp³-hybridized carbons (Fsp3) is 0.222. The predicted molar refractivity (Wildman–Crippen MR) is 95.6 cm³/mol. The maximum atomic E-state index is 14.5.